The first-order valence-corrected chi connectivity index (χ1v) is 10.5. The van der Waals surface area contributed by atoms with Crippen molar-refractivity contribution in [3.05, 3.63) is 87.3 Å². The van der Waals surface area contributed by atoms with Gasteiger partial charge in [0.2, 0.25) is 0 Å². The molecule has 0 aliphatic heterocycles. The predicted molar refractivity (Wildman–Crippen MR) is 110 cm³/mol. The van der Waals surface area contributed by atoms with Crippen molar-refractivity contribution in [2.75, 3.05) is 4.72 Å². The summed E-state index contributed by atoms with van der Waals surface area (Å²) in [5.74, 6) is -0.490. The van der Waals surface area contributed by atoms with E-state index in [9.17, 15) is 23.3 Å². The third kappa shape index (κ3) is 5.24. The van der Waals surface area contributed by atoms with Gasteiger partial charge in [0.25, 0.3) is 21.6 Å². The molecular weight excluding hydrogens is 416 g/mol. The summed E-state index contributed by atoms with van der Waals surface area (Å²) in [7, 11) is -3.65. The predicted octanol–water partition coefficient (Wildman–Crippen LogP) is 3.22. The van der Waals surface area contributed by atoms with Crippen LogP contribution >= 0.6 is 11.3 Å². The molecule has 0 aliphatic carbocycles. The number of benzene rings is 2. The molecule has 9 nitrogen and oxygen atoms in total. The highest BCUT2D eigenvalue weighted by Crippen LogP contribution is 2.20. The number of sulfonamides is 1. The van der Waals surface area contributed by atoms with Crippen LogP contribution in [-0.4, -0.2) is 25.5 Å². The fraction of sp³-hybridized carbons (Fsp3) is 0. The van der Waals surface area contributed by atoms with Crippen LogP contribution in [0.4, 0.5) is 11.4 Å². The van der Waals surface area contributed by atoms with Crippen LogP contribution in [-0.2, 0) is 10.0 Å². The number of nitro groups is 1. The normalized spacial score (nSPS) is 11.3. The van der Waals surface area contributed by atoms with E-state index in [1.807, 2.05) is 0 Å². The quantitative estimate of drug-likeness (QED) is 0.338. The van der Waals surface area contributed by atoms with Crippen LogP contribution in [0, 0.1) is 10.1 Å². The topological polar surface area (TPSA) is 131 Å². The Morgan fingerprint density at radius 1 is 1.07 bits per heavy atom. The summed E-state index contributed by atoms with van der Waals surface area (Å²) in [5, 5.41) is 16.1. The molecule has 1 heterocycles. The monoisotopic (exact) mass is 430 g/mol. The van der Waals surface area contributed by atoms with E-state index in [1.165, 1.54) is 60.8 Å². The van der Waals surface area contributed by atoms with Crippen LogP contribution in [0.25, 0.3) is 0 Å². The summed E-state index contributed by atoms with van der Waals surface area (Å²) in [6.45, 7) is 0. The highest BCUT2D eigenvalue weighted by molar-refractivity contribution is 7.94. The van der Waals surface area contributed by atoms with E-state index >= 15 is 0 Å². The van der Waals surface area contributed by atoms with E-state index in [0.29, 0.717) is 11.3 Å². The molecule has 0 radical (unpaired) electrons. The van der Waals surface area contributed by atoms with Gasteiger partial charge in [-0.25, -0.2) is 13.8 Å². The van der Waals surface area contributed by atoms with Gasteiger partial charge in [0.15, 0.2) is 0 Å². The van der Waals surface area contributed by atoms with Crippen LogP contribution in [0.1, 0.15) is 15.9 Å². The zero-order chi connectivity index (χ0) is 20.9. The van der Waals surface area contributed by atoms with Gasteiger partial charge in [0.1, 0.15) is 4.21 Å². The first kappa shape index (κ1) is 20.2. The van der Waals surface area contributed by atoms with Gasteiger partial charge in [-0.05, 0) is 53.4 Å². The van der Waals surface area contributed by atoms with E-state index in [2.05, 4.69) is 15.2 Å². The molecule has 3 rings (SSSR count). The van der Waals surface area contributed by atoms with Crippen LogP contribution in [0.2, 0.25) is 0 Å². The van der Waals surface area contributed by atoms with Crippen LogP contribution in [0.3, 0.4) is 0 Å². The second kappa shape index (κ2) is 8.63. The number of carbonyl (C=O) groups is 1. The third-order valence-corrected chi connectivity index (χ3v) is 6.42. The number of hydrazone groups is 1. The van der Waals surface area contributed by atoms with Gasteiger partial charge in [-0.15, -0.1) is 11.3 Å². The van der Waals surface area contributed by atoms with Crippen molar-refractivity contribution in [1.29, 1.82) is 0 Å². The number of carbonyl (C=O) groups excluding carboxylic acids is 1. The zero-order valence-corrected chi connectivity index (χ0v) is 16.3. The molecule has 148 valence electrons. The maximum absolute atomic E-state index is 12.2. The lowest BCUT2D eigenvalue weighted by molar-refractivity contribution is -0.384. The number of thiophene rings is 1. The Bertz CT molecular complexity index is 1140. The van der Waals surface area contributed by atoms with Gasteiger partial charge in [0.05, 0.1) is 11.1 Å². The standard InChI is InChI=1S/C18H14N4O5S2/c23-18(20-19-12-13-3-9-16(10-4-13)22(24)25)14-5-7-15(8-6-14)21-29(26,27)17-2-1-11-28-17/h1-12,21H,(H,20,23)/b19-12-. The van der Waals surface area contributed by atoms with Crippen molar-refractivity contribution in [3.63, 3.8) is 0 Å². The third-order valence-electron chi connectivity index (χ3n) is 3.64. The Balaban J connectivity index is 1.59. The molecule has 11 heteroatoms. The minimum atomic E-state index is -3.65. The van der Waals surface area contributed by atoms with Gasteiger partial charge in [-0.1, -0.05) is 6.07 Å². The van der Waals surface area contributed by atoms with Crippen LogP contribution < -0.4 is 10.1 Å². The number of rotatable bonds is 7. The Morgan fingerprint density at radius 2 is 1.76 bits per heavy atom. The summed E-state index contributed by atoms with van der Waals surface area (Å²) in [4.78, 5) is 22.2. The Hall–Kier alpha value is -3.57. The molecule has 0 unspecified atom stereocenters. The average molecular weight is 430 g/mol. The first-order valence-electron chi connectivity index (χ1n) is 8.09. The molecule has 1 amide bonds. The van der Waals surface area contributed by atoms with E-state index in [-0.39, 0.29) is 15.5 Å². The molecule has 1 aromatic heterocycles. The number of nitro benzene ring substituents is 1. The van der Waals surface area contributed by atoms with Crippen molar-refractivity contribution < 1.29 is 18.1 Å². The number of hydrogen-bond donors (Lipinski definition) is 2. The maximum atomic E-state index is 12.2. The molecule has 0 aliphatic rings. The smallest absolute Gasteiger partial charge is 0.271 e. The largest absolute Gasteiger partial charge is 0.279 e. The lowest BCUT2D eigenvalue weighted by atomic mass is 10.2. The second-order valence-electron chi connectivity index (χ2n) is 5.66. The summed E-state index contributed by atoms with van der Waals surface area (Å²) in [6.07, 6.45) is 1.35. The first-order chi connectivity index (χ1) is 13.8. The summed E-state index contributed by atoms with van der Waals surface area (Å²) < 4.78 is 27.0. The molecule has 0 saturated heterocycles. The minimum Gasteiger partial charge on any atom is -0.279 e. The molecule has 29 heavy (non-hydrogen) atoms. The summed E-state index contributed by atoms with van der Waals surface area (Å²) in [5.41, 5.74) is 3.48. The second-order valence-corrected chi connectivity index (χ2v) is 8.52. The molecular formula is C18H14N4O5S2. The molecule has 0 atom stereocenters. The highest BCUT2D eigenvalue weighted by atomic mass is 32.2. The van der Waals surface area contributed by atoms with E-state index in [1.54, 1.807) is 11.4 Å². The number of nitrogens with zero attached hydrogens (tertiary/aromatic N) is 2. The van der Waals surface area contributed by atoms with Gasteiger partial charge < -0.3 is 0 Å². The lowest BCUT2D eigenvalue weighted by Gasteiger charge is -2.07. The van der Waals surface area contributed by atoms with Gasteiger partial charge >= 0.3 is 0 Å². The van der Waals surface area contributed by atoms with Crippen LogP contribution in [0.5, 0.6) is 0 Å². The van der Waals surface area contributed by atoms with Gasteiger partial charge in [-0.2, -0.15) is 5.10 Å². The number of hydrogen-bond acceptors (Lipinski definition) is 7. The van der Waals surface area contributed by atoms with Crippen LogP contribution in [0.15, 0.2) is 75.4 Å². The summed E-state index contributed by atoms with van der Waals surface area (Å²) >= 11 is 1.10. The minimum absolute atomic E-state index is 0.0408. The SMILES string of the molecule is O=C(N/N=C\c1ccc([N+](=O)[O-])cc1)c1ccc(NS(=O)(=O)c2cccs2)cc1. The van der Waals surface area contributed by atoms with Crippen molar-refractivity contribution in [2.24, 2.45) is 5.10 Å². The highest BCUT2D eigenvalue weighted by Gasteiger charge is 2.15. The molecule has 0 fully saturated rings. The van der Waals surface area contributed by atoms with Gasteiger partial charge in [0, 0.05) is 23.4 Å². The lowest BCUT2D eigenvalue weighted by Crippen LogP contribution is -2.17. The Labute approximate surface area is 169 Å². The number of nitrogens with one attached hydrogen (secondary N) is 2. The molecule has 2 N–H and O–H groups in total. The van der Waals surface area contributed by atoms with E-state index < -0.39 is 20.9 Å². The van der Waals surface area contributed by atoms with Crippen molar-refractivity contribution in [1.82, 2.24) is 5.43 Å². The zero-order valence-electron chi connectivity index (χ0n) is 14.7. The maximum Gasteiger partial charge on any atom is 0.271 e. The molecule has 2 aromatic carbocycles. The molecule has 0 spiro atoms. The van der Waals surface area contributed by atoms with Crippen molar-refractivity contribution in [3.8, 4) is 0 Å². The van der Waals surface area contributed by atoms with Gasteiger partial charge in [-0.3, -0.25) is 19.6 Å². The Kier molecular flexibility index (Phi) is 6.00. The molecule has 0 bridgehead atoms. The van der Waals surface area contributed by atoms with E-state index in [0.717, 1.165) is 11.3 Å². The fourth-order valence-corrected chi connectivity index (χ4v) is 4.28. The Morgan fingerprint density at radius 3 is 2.34 bits per heavy atom. The fourth-order valence-electron chi connectivity index (χ4n) is 2.22. The molecule has 0 saturated carbocycles. The number of amides is 1. The summed E-state index contributed by atoms with van der Waals surface area (Å²) in [6, 6.07) is 14.7. The van der Waals surface area contributed by atoms with Crippen molar-refractivity contribution >= 4 is 44.9 Å². The average Bonchev–Trinajstić information content (AvgIpc) is 3.24. The molecule has 3 aromatic rings. The number of non-ortho nitro benzene ring substituents is 1. The van der Waals surface area contributed by atoms with Crippen molar-refractivity contribution in [2.45, 2.75) is 4.21 Å². The van der Waals surface area contributed by atoms with E-state index in [4.69, 9.17) is 0 Å². The number of anilines is 1.